The van der Waals surface area contributed by atoms with E-state index in [1.807, 2.05) is 0 Å². The maximum atomic E-state index is 14.5. The summed E-state index contributed by atoms with van der Waals surface area (Å²) in [5.41, 5.74) is 0.861. The van der Waals surface area contributed by atoms with Crippen LogP contribution in [0.1, 0.15) is 23.5 Å². The average molecular weight is 476 g/mol. The molecule has 4 rings (SSSR count). The van der Waals surface area contributed by atoms with Gasteiger partial charge in [-0.15, -0.1) is 0 Å². The lowest BCUT2D eigenvalue weighted by Crippen LogP contribution is -2.25. The van der Waals surface area contributed by atoms with Gasteiger partial charge in [0.15, 0.2) is 5.75 Å². The SMILES string of the molecule is COc1cc(=O)n(C)c(Nc2ccc(C)cc2F)c1NS(=O)(=O)C1CC1c1cccc(F)c1. The summed E-state index contributed by atoms with van der Waals surface area (Å²) >= 11 is 0. The van der Waals surface area contributed by atoms with E-state index in [1.54, 1.807) is 19.1 Å². The summed E-state index contributed by atoms with van der Waals surface area (Å²) in [5, 5.41) is 2.03. The first-order chi connectivity index (χ1) is 15.6. The van der Waals surface area contributed by atoms with Crippen LogP contribution in [0, 0.1) is 18.6 Å². The van der Waals surface area contributed by atoms with Gasteiger partial charge in [-0.05, 0) is 48.7 Å². The first kappa shape index (κ1) is 22.8. The lowest BCUT2D eigenvalue weighted by Gasteiger charge is -2.20. The maximum absolute atomic E-state index is 14.5. The molecule has 1 heterocycles. The highest BCUT2D eigenvalue weighted by molar-refractivity contribution is 7.93. The van der Waals surface area contributed by atoms with E-state index >= 15 is 0 Å². The first-order valence-electron chi connectivity index (χ1n) is 10.2. The fourth-order valence-electron chi connectivity index (χ4n) is 3.75. The fraction of sp³-hybridized carbons (Fsp3) is 0.261. The van der Waals surface area contributed by atoms with Crippen molar-refractivity contribution in [3.63, 3.8) is 0 Å². The van der Waals surface area contributed by atoms with Crippen molar-refractivity contribution in [2.24, 2.45) is 7.05 Å². The number of aryl methyl sites for hydroxylation is 1. The third-order valence-corrected chi connectivity index (χ3v) is 7.46. The first-order valence-corrected chi connectivity index (χ1v) is 11.7. The van der Waals surface area contributed by atoms with Gasteiger partial charge in [-0.25, -0.2) is 17.2 Å². The Kier molecular flexibility index (Phi) is 5.87. The Morgan fingerprint density at radius 2 is 1.88 bits per heavy atom. The number of hydrogen-bond acceptors (Lipinski definition) is 5. The maximum Gasteiger partial charge on any atom is 0.255 e. The normalized spacial score (nSPS) is 17.5. The van der Waals surface area contributed by atoms with Crippen molar-refractivity contribution in [3.8, 4) is 5.75 Å². The molecule has 2 aromatic carbocycles. The largest absolute Gasteiger partial charge is 0.494 e. The Morgan fingerprint density at radius 3 is 2.55 bits per heavy atom. The molecule has 174 valence electrons. The molecule has 0 spiro atoms. The van der Waals surface area contributed by atoms with Crippen molar-refractivity contribution in [2.45, 2.75) is 24.5 Å². The molecule has 2 N–H and O–H groups in total. The summed E-state index contributed by atoms with van der Waals surface area (Å²) in [4.78, 5) is 12.4. The number of anilines is 3. The van der Waals surface area contributed by atoms with Gasteiger partial charge in [0.25, 0.3) is 5.56 Å². The molecular formula is C23H23F2N3O4S. The number of pyridine rings is 1. The van der Waals surface area contributed by atoms with Crippen molar-refractivity contribution in [2.75, 3.05) is 17.1 Å². The minimum atomic E-state index is -3.95. The van der Waals surface area contributed by atoms with E-state index in [1.165, 1.54) is 44.5 Å². The summed E-state index contributed by atoms with van der Waals surface area (Å²) < 4.78 is 63.3. The number of ether oxygens (including phenoxy) is 1. The van der Waals surface area contributed by atoms with E-state index in [9.17, 15) is 22.0 Å². The molecule has 0 aliphatic heterocycles. The molecule has 3 aromatic rings. The van der Waals surface area contributed by atoms with Crippen LogP contribution in [0.25, 0.3) is 0 Å². The van der Waals surface area contributed by atoms with Gasteiger partial charge in [-0.3, -0.25) is 14.1 Å². The molecule has 2 atom stereocenters. The molecule has 1 aliphatic carbocycles. The molecule has 1 aromatic heterocycles. The molecule has 33 heavy (non-hydrogen) atoms. The Morgan fingerprint density at radius 1 is 1.12 bits per heavy atom. The zero-order valence-corrected chi connectivity index (χ0v) is 19.0. The zero-order chi connectivity index (χ0) is 23.9. The number of benzene rings is 2. The number of methoxy groups -OCH3 is 1. The van der Waals surface area contributed by atoms with Crippen LogP contribution in [0.4, 0.5) is 26.0 Å². The predicted octanol–water partition coefficient (Wildman–Crippen LogP) is 4.02. The molecule has 1 aliphatic rings. The van der Waals surface area contributed by atoms with Gasteiger partial charge in [0.1, 0.15) is 23.1 Å². The van der Waals surface area contributed by atoms with Crippen LogP contribution in [0.3, 0.4) is 0 Å². The van der Waals surface area contributed by atoms with Crippen LogP contribution in [0.2, 0.25) is 0 Å². The summed E-state index contributed by atoms with van der Waals surface area (Å²) in [6.45, 7) is 1.73. The van der Waals surface area contributed by atoms with Crippen LogP contribution in [-0.4, -0.2) is 25.3 Å². The van der Waals surface area contributed by atoms with Crippen molar-refractivity contribution in [3.05, 3.63) is 81.6 Å². The lowest BCUT2D eigenvalue weighted by molar-refractivity contribution is 0.415. The molecule has 1 fully saturated rings. The highest BCUT2D eigenvalue weighted by Gasteiger charge is 2.48. The van der Waals surface area contributed by atoms with Gasteiger partial charge >= 0.3 is 0 Å². The monoisotopic (exact) mass is 475 g/mol. The fourth-order valence-corrected chi connectivity index (χ4v) is 5.43. The number of rotatable bonds is 7. The lowest BCUT2D eigenvalue weighted by atomic mass is 10.1. The van der Waals surface area contributed by atoms with Crippen LogP contribution in [0.5, 0.6) is 5.75 Å². The van der Waals surface area contributed by atoms with Gasteiger partial charge in [-0.2, -0.15) is 0 Å². The van der Waals surface area contributed by atoms with E-state index in [4.69, 9.17) is 4.74 Å². The molecule has 1 saturated carbocycles. The van der Waals surface area contributed by atoms with Crippen LogP contribution >= 0.6 is 0 Å². The predicted molar refractivity (Wildman–Crippen MR) is 123 cm³/mol. The van der Waals surface area contributed by atoms with Gasteiger partial charge in [0, 0.05) is 19.0 Å². The quantitative estimate of drug-likeness (QED) is 0.539. The van der Waals surface area contributed by atoms with Gasteiger partial charge in [0.2, 0.25) is 10.0 Å². The van der Waals surface area contributed by atoms with E-state index < -0.39 is 32.5 Å². The minimum absolute atomic E-state index is 0.0142. The van der Waals surface area contributed by atoms with E-state index in [0.29, 0.717) is 17.5 Å². The molecule has 0 saturated heterocycles. The van der Waals surface area contributed by atoms with E-state index in [0.717, 1.165) is 10.6 Å². The highest BCUT2D eigenvalue weighted by Crippen LogP contribution is 2.47. The molecule has 0 amide bonds. The second-order valence-corrected chi connectivity index (χ2v) is 9.92. The Hall–Kier alpha value is -3.40. The Balaban J connectivity index is 1.71. The minimum Gasteiger partial charge on any atom is -0.494 e. The molecular weight excluding hydrogens is 452 g/mol. The van der Waals surface area contributed by atoms with Crippen LogP contribution in [-0.2, 0) is 17.1 Å². The standard InChI is InChI=1S/C23H23F2N3O4S/c1-13-7-8-18(17(25)9-13)26-23-22(19(32-3)12-21(29)28(23)2)27-33(30,31)20-11-16(20)14-5-4-6-15(24)10-14/h4-10,12,16,20,26-27H,11H2,1-3H3. The molecule has 2 unspecified atom stereocenters. The number of hydrogen-bond donors (Lipinski definition) is 2. The van der Waals surface area contributed by atoms with E-state index in [-0.39, 0.29) is 28.9 Å². The zero-order valence-electron chi connectivity index (χ0n) is 18.2. The topological polar surface area (TPSA) is 89.4 Å². The van der Waals surface area contributed by atoms with Crippen molar-refractivity contribution in [1.82, 2.24) is 4.57 Å². The number of nitrogens with one attached hydrogen (secondary N) is 2. The van der Waals surface area contributed by atoms with Crippen molar-refractivity contribution >= 4 is 27.2 Å². The van der Waals surface area contributed by atoms with Crippen molar-refractivity contribution in [1.29, 1.82) is 0 Å². The summed E-state index contributed by atoms with van der Waals surface area (Å²) in [5.74, 6) is -1.35. The second kappa shape index (κ2) is 8.51. The van der Waals surface area contributed by atoms with Crippen molar-refractivity contribution < 1.29 is 21.9 Å². The molecule has 7 nitrogen and oxygen atoms in total. The molecule has 10 heteroatoms. The Bertz CT molecular complexity index is 1390. The summed E-state index contributed by atoms with van der Waals surface area (Å²) in [6.07, 6.45) is 0.322. The van der Waals surface area contributed by atoms with Crippen LogP contribution < -0.4 is 20.3 Å². The summed E-state index contributed by atoms with van der Waals surface area (Å²) in [6, 6.07) is 11.5. The third-order valence-electron chi connectivity index (χ3n) is 5.65. The number of nitrogens with zero attached hydrogens (tertiary/aromatic N) is 1. The van der Waals surface area contributed by atoms with E-state index in [2.05, 4.69) is 10.0 Å². The smallest absolute Gasteiger partial charge is 0.255 e. The molecule has 0 bridgehead atoms. The number of sulfonamides is 1. The summed E-state index contributed by atoms with van der Waals surface area (Å²) in [7, 11) is -1.21. The second-order valence-electron chi connectivity index (χ2n) is 8.02. The highest BCUT2D eigenvalue weighted by atomic mass is 32.2. The Labute approximate surface area is 190 Å². The van der Waals surface area contributed by atoms with Gasteiger partial charge in [-0.1, -0.05) is 18.2 Å². The number of halogens is 2. The van der Waals surface area contributed by atoms with Gasteiger partial charge < -0.3 is 10.1 Å². The van der Waals surface area contributed by atoms with Crippen LogP contribution in [0.15, 0.2) is 53.3 Å². The third kappa shape index (κ3) is 4.56. The van der Waals surface area contributed by atoms with Gasteiger partial charge in [0.05, 0.1) is 18.0 Å². The molecule has 0 radical (unpaired) electrons. The average Bonchev–Trinajstić information content (AvgIpc) is 3.56. The number of aromatic nitrogens is 1.